The monoisotopic (exact) mass is 334 g/mol. The zero-order valence-corrected chi connectivity index (χ0v) is 16.8. The van der Waals surface area contributed by atoms with Crippen LogP contribution in [-0.4, -0.2) is 12.6 Å². The Morgan fingerprint density at radius 2 is 1.46 bits per heavy atom. The standard InChI is InChI=1S/C22H38O2/c1-7-24-22(23)17-21(6)16-10-15-20(5)14-9-13-19(4)12-8-11-18(2)3/h11,13,15,21H,7-10,12,14,16-17H2,1-6H3/b19-13+,20-15+. The zero-order valence-electron chi connectivity index (χ0n) is 16.8. The second-order valence-electron chi connectivity index (χ2n) is 7.15. The van der Waals surface area contributed by atoms with Crippen LogP contribution in [-0.2, 0) is 9.53 Å². The van der Waals surface area contributed by atoms with Crippen molar-refractivity contribution in [1.82, 2.24) is 0 Å². The number of carbonyl (C=O) groups excluding carboxylic acids is 1. The SMILES string of the molecule is CCOC(=O)CC(C)CC/C=C(\C)CC/C=C(\C)CCC=C(C)C. The lowest BCUT2D eigenvalue weighted by Gasteiger charge is -2.09. The topological polar surface area (TPSA) is 26.3 Å². The normalized spacial score (nSPS) is 13.6. The molecular weight excluding hydrogens is 296 g/mol. The minimum absolute atomic E-state index is 0.0700. The first-order valence-electron chi connectivity index (χ1n) is 9.45. The van der Waals surface area contributed by atoms with E-state index in [1.54, 1.807) is 0 Å². The second-order valence-corrected chi connectivity index (χ2v) is 7.15. The Hall–Kier alpha value is -1.31. The highest BCUT2D eigenvalue weighted by molar-refractivity contribution is 5.69. The van der Waals surface area contributed by atoms with Crippen LogP contribution in [0.4, 0.5) is 0 Å². The van der Waals surface area contributed by atoms with Gasteiger partial charge >= 0.3 is 5.97 Å². The van der Waals surface area contributed by atoms with Crippen LogP contribution in [0.15, 0.2) is 34.9 Å². The van der Waals surface area contributed by atoms with Gasteiger partial charge in [-0.15, -0.1) is 0 Å². The van der Waals surface area contributed by atoms with Gasteiger partial charge in [-0.1, -0.05) is 41.9 Å². The molecule has 0 aliphatic heterocycles. The lowest BCUT2D eigenvalue weighted by molar-refractivity contribution is -0.144. The van der Waals surface area contributed by atoms with Crippen molar-refractivity contribution in [2.45, 2.75) is 86.5 Å². The van der Waals surface area contributed by atoms with E-state index in [9.17, 15) is 4.79 Å². The van der Waals surface area contributed by atoms with Crippen LogP contribution in [0.25, 0.3) is 0 Å². The fourth-order valence-corrected chi connectivity index (χ4v) is 2.56. The molecule has 2 nitrogen and oxygen atoms in total. The van der Waals surface area contributed by atoms with Gasteiger partial charge in [0.25, 0.3) is 0 Å². The number of rotatable bonds is 12. The average molecular weight is 335 g/mol. The molecule has 0 saturated carbocycles. The molecular formula is C22H38O2. The molecule has 0 saturated heterocycles. The van der Waals surface area contributed by atoms with Gasteiger partial charge in [0, 0.05) is 6.42 Å². The van der Waals surface area contributed by atoms with Gasteiger partial charge < -0.3 is 4.74 Å². The van der Waals surface area contributed by atoms with E-state index < -0.39 is 0 Å². The zero-order chi connectivity index (χ0) is 18.4. The van der Waals surface area contributed by atoms with E-state index in [0.717, 1.165) is 32.1 Å². The minimum Gasteiger partial charge on any atom is -0.466 e. The molecule has 0 aliphatic rings. The molecule has 2 heteroatoms. The maximum atomic E-state index is 11.4. The molecule has 0 aromatic heterocycles. The molecule has 0 aliphatic carbocycles. The first-order valence-corrected chi connectivity index (χ1v) is 9.45. The summed E-state index contributed by atoms with van der Waals surface area (Å²) >= 11 is 0. The first kappa shape index (κ1) is 22.7. The third-order valence-corrected chi connectivity index (χ3v) is 4.10. The van der Waals surface area contributed by atoms with Crippen LogP contribution in [0.5, 0.6) is 0 Å². The summed E-state index contributed by atoms with van der Waals surface area (Å²) in [7, 11) is 0. The van der Waals surface area contributed by atoms with E-state index in [-0.39, 0.29) is 5.97 Å². The van der Waals surface area contributed by atoms with E-state index in [0.29, 0.717) is 18.9 Å². The van der Waals surface area contributed by atoms with Crippen molar-refractivity contribution in [2.75, 3.05) is 6.61 Å². The predicted molar refractivity (Wildman–Crippen MR) is 105 cm³/mol. The molecule has 138 valence electrons. The summed E-state index contributed by atoms with van der Waals surface area (Å²) in [4.78, 5) is 11.4. The Kier molecular flexibility index (Phi) is 13.3. The van der Waals surface area contributed by atoms with Gasteiger partial charge in [-0.2, -0.15) is 0 Å². The summed E-state index contributed by atoms with van der Waals surface area (Å²) in [6.45, 7) is 13.2. The number of carbonyl (C=O) groups is 1. The summed E-state index contributed by atoms with van der Waals surface area (Å²) in [5.41, 5.74) is 4.34. The van der Waals surface area contributed by atoms with Crippen LogP contribution in [0, 0.1) is 5.92 Å². The molecule has 0 aromatic carbocycles. The van der Waals surface area contributed by atoms with Crippen molar-refractivity contribution in [1.29, 1.82) is 0 Å². The number of hydrogen-bond acceptors (Lipinski definition) is 2. The number of hydrogen-bond donors (Lipinski definition) is 0. The fourth-order valence-electron chi connectivity index (χ4n) is 2.56. The van der Waals surface area contributed by atoms with Crippen LogP contribution in [0.1, 0.15) is 86.5 Å². The molecule has 24 heavy (non-hydrogen) atoms. The predicted octanol–water partition coefficient (Wildman–Crippen LogP) is 6.78. The third kappa shape index (κ3) is 14.3. The van der Waals surface area contributed by atoms with Crippen molar-refractivity contribution in [2.24, 2.45) is 5.92 Å². The second kappa shape index (κ2) is 14.1. The quantitative estimate of drug-likeness (QED) is 0.290. The fraction of sp³-hybridized carbons (Fsp3) is 0.682. The van der Waals surface area contributed by atoms with E-state index in [1.807, 2.05) is 6.92 Å². The summed E-state index contributed by atoms with van der Waals surface area (Å²) in [5, 5.41) is 0. The number of esters is 1. The number of allylic oxidation sites excluding steroid dienone is 6. The van der Waals surface area contributed by atoms with Crippen molar-refractivity contribution >= 4 is 5.97 Å². The summed E-state index contributed by atoms with van der Waals surface area (Å²) in [6, 6.07) is 0. The maximum absolute atomic E-state index is 11.4. The highest BCUT2D eigenvalue weighted by Crippen LogP contribution is 2.15. The smallest absolute Gasteiger partial charge is 0.306 e. The lowest BCUT2D eigenvalue weighted by atomic mass is 10.00. The molecule has 0 N–H and O–H groups in total. The molecule has 0 fully saturated rings. The van der Waals surface area contributed by atoms with E-state index >= 15 is 0 Å². The van der Waals surface area contributed by atoms with Gasteiger partial charge in [0.2, 0.25) is 0 Å². The largest absolute Gasteiger partial charge is 0.466 e. The van der Waals surface area contributed by atoms with Crippen LogP contribution < -0.4 is 0 Å². The van der Waals surface area contributed by atoms with Gasteiger partial charge in [-0.05, 0) is 79.1 Å². The van der Waals surface area contributed by atoms with Gasteiger partial charge in [0.15, 0.2) is 0 Å². The lowest BCUT2D eigenvalue weighted by Crippen LogP contribution is -2.09. The summed E-state index contributed by atoms with van der Waals surface area (Å²) in [5.74, 6) is 0.324. The molecule has 0 radical (unpaired) electrons. The Morgan fingerprint density at radius 1 is 0.917 bits per heavy atom. The molecule has 0 rings (SSSR count). The first-order chi connectivity index (χ1) is 11.3. The van der Waals surface area contributed by atoms with Gasteiger partial charge in [-0.25, -0.2) is 0 Å². The highest BCUT2D eigenvalue weighted by atomic mass is 16.5. The van der Waals surface area contributed by atoms with E-state index in [1.165, 1.54) is 23.1 Å². The Morgan fingerprint density at radius 3 is 2.00 bits per heavy atom. The van der Waals surface area contributed by atoms with Gasteiger partial charge in [-0.3, -0.25) is 4.79 Å². The van der Waals surface area contributed by atoms with Gasteiger partial charge in [0.1, 0.15) is 0 Å². The molecule has 0 spiro atoms. The van der Waals surface area contributed by atoms with Crippen LogP contribution in [0.3, 0.4) is 0 Å². The van der Waals surface area contributed by atoms with Crippen LogP contribution in [0.2, 0.25) is 0 Å². The average Bonchev–Trinajstić information content (AvgIpc) is 2.46. The number of ether oxygens (including phenoxy) is 1. The van der Waals surface area contributed by atoms with Crippen molar-refractivity contribution in [3.8, 4) is 0 Å². The van der Waals surface area contributed by atoms with Crippen molar-refractivity contribution in [3.63, 3.8) is 0 Å². The Balaban J connectivity index is 3.94. The Labute approximate surface area is 150 Å². The van der Waals surface area contributed by atoms with E-state index in [2.05, 4.69) is 52.8 Å². The molecule has 1 unspecified atom stereocenters. The van der Waals surface area contributed by atoms with Crippen molar-refractivity contribution < 1.29 is 9.53 Å². The summed E-state index contributed by atoms with van der Waals surface area (Å²) < 4.78 is 4.99. The maximum Gasteiger partial charge on any atom is 0.306 e. The highest BCUT2D eigenvalue weighted by Gasteiger charge is 2.08. The van der Waals surface area contributed by atoms with Gasteiger partial charge in [0.05, 0.1) is 6.61 Å². The molecule has 0 amide bonds. The summed E-state index contributed by atoms with van der Waals surface area (Å²) in [6.07, 6.45) is 14.2. The molecule has 0 aromatic rings. The molecule has 0 bridgehead atoms. The Bertz CT molecular complexity index is 437. The van der Waals surface area contributed by atoms with Crippen LogP contribution >= 0.6 is 0 Å². The molecule has 1 atom stereocenters. The third-order valence-electron chi connectivity index (χ3n) is 4.10. The molecule has 0 heterocycles. The minimum atomic E-state index is -0.0700. The van der Waals surface area contributed by atoms with E-state index in [4.69, 9.17) is 4.74 Å². The van der Waals surface area contributed by atoms with Crippen molar-refractivity contribution in [3.05, 3.63) is 34.9 Å².